The van der Waals surface area contributed by atoms with Crippen LogP contribution in [-0.4, -0.2) is 173 Å². The number of aliphatic carboxylic acids is 1. The van der Waals surface area contributed by atoms with Gasteiger partial charge in [0.1, 0.15) is 54.1 Å². The van der Waals surface area contributed by atoms with Crippen molar-refractivity contribution in [1.29, 1.82) is 0 Å². The number of nitrogens with two attached hydrogens (primary N) is 3. The number of phenolic OH excluding ortho intramolecular Hbond substituents is 1. The number of aromatic amines is 1. The van der Waals surface area contributed by atoms with Gasteiger partial charge in [-0.3, -0.25) is 43.2 Å². The Morgan fingerprint density at radius 3 is 1.68 bits per heavy atom. The third-order valence-corrected chi connectivity index (χ3v) is 11.9. The minimum absolute atomic E-state index is 0.132. The summed E-state index contributed by atoms with van der Waals surface area (Å²) in [7, 11) is -5.11. The molecular formula is C45H73N13O17P+. The van der Waals surface area contributed by atoms with E-state index in [0.29, 0.717) is 24.9 Å². The van der Waals surface area contributed by atoms with Crippen LogP contribution in [0.25, 0.3) is 0 Å². The molecule has 31 heteroatoms. The van der Waals surface area contributed by atoms with Crippen LogP contribution in [-0.2, 0) is 65.3 Å². The molecule has 0 unspecified atom stereocenters. The van der Waals surface area contributed by atoms with Crippen molar-refractivity contribution >= 4 is 67.3 Å². The summed E-state index contributed by atoms with van der Waals surface area (Å²) in [6.07, 6.45) is -0.937. The first-order valence-corrected chi connectivity index (χ1v) is 25.6. The lowest BCUT2D eigenvalue weighted by atomic mass is 9.98. The van der Waals surface area contributed by atoms with Crippen molar-refractivity contribution in [2.75, 3.05) is 13.1 Å². The number of aliphatic hydroxyl groups excluding tert-OH is 1. The number of hydrogen-bond acceptors (Lipinski definition) is 19. The summed E-state index contributed by atoms with van der Waals surface area (Å²) in [5.41, 5.74) is 17.4. The quantitative estimate of drug-likeness (QED) is 0.0234. The number of aromatic hydroxyl groups is 1. The molecule has 1 aromatic carbocycles. The molecule has 1 heterocycles. The number of unbranched alkanes of at least 4 members (excludes halogenated alkanes) is 1. The molecule has 10 atom stereocenters. The lowest BCUT2D eigenvalue weighted by molar-refractivity contribution is -0.143. The third-order valence-electron chi connectivity index (χ3n) is 11.3. The number of hydrogen-bond donors (Lipinski definition) is 18. The number of carboxylic acids is 1. The number of carbonyl (C=O) groups is 10. The minimum atomic E-state index is -5.11. The molecule has 0 fully saturated rings. The molecule has 0 saturated heterocycles. The molecule has 21 N–H and O–H groups in total. The number of phenols is 1. The molecule has 76 heavy (non-hydrogen) atoms. The summed E-state index contributed by atoms with van der Waals surface area (Å²) in [4.78, 5) is 168. The molecule has 0 aliphatic heterocycles. The number of benzene rings is 1. The van der Waals surface area contributed by atoms with Gasteiger partial charge in [0.2, 0.25) is 53.2 Å². The van der Waals surface area contributed by atoms with Crippen LogP contribution in [0.15, 0.2) is 36.8 Å². The fourth-order valence-electron chi connectivity index (χ4n) is 7.16. The molecule has 9 amide bonds. The topological polar surface area (TPSA) is 504 Å². The molecule has 0 spiro atoms. The van der Waals surface area contributed by atoms with Gasteiger partial charge in [-0.15, -0.1) is 4.52 Å². The molecule has 0 aliphatic carbocycles. The zero-order valence-corrected chi connectivity index (χ0v) is 43.7. The minimum Gasteiger partial charge on any atom is -0.508 e. The van der Waals surface area contributed by atoms with Gasteiger partial charge in [-0.2, -0.15) is 14.7 Å². The van der Waals surface area contributed by atoms with E-state index in [2.05, 4.69) is 52.5 Å². The normalized spacial score (nSPS) is 15.4. The van der Waals surface area contributed by atoms with Gasteiger partial charge in [0.05, 0.1) is 31.4 Å². The standard InChI is InChI=1S/C45H72N13O17P/c1-21(2)34(55-40(65)29(15-25-10-12-27(60)13-11-25)53-39(64)30(17-32(48)61)52-33(62)19-50-38(63)28(47)9-7-8-14-46)41(66)56-35(22(3)4)42(67)57-36(23(5)59)43(68)58-37(24(6)75-76(72,73)74)44(69)54-31(45(70)71)16-26-18-49-20-51-26/h10-13,18,20-24,28-31,34-37,59,72-74H,7-9,14-17,19,46-47H2,1-6H3,(H12-,48,49,50,51,52,53,54,55,56,57,58,60,61,62,63,64,65,66,67,68,69,70,71)/p+1/t23-,24-,28+,29+,30+,31+,34+,35+,36+,37+/m1/s1. The van der Waals surface area contributed by atoms with E-state index in [9.17, 15) is 77.9 Å². The highest BCUT2D eigenvalue weighted by Gasteiger charge is 2.44. The smallest absolute Gasteiger partial charge is 0.508 e. The number of primary amides is 1. The number of aromatic nitrogens is 2. The van der Waals surface area contributed by atoms with E-state index in [1.54, 1.807) is 0 Å². The lowest BCUT2D eigenvalue weighted by Crippen LogP contribution is -2.64. The first-order chi connectivity index (χ1) is 35.4. The Kier molecular flexibility index (Phi) is 26.8. The predicted molar refractivity (Wildman–Crippen MR) is 268 cm³/mol. The monoisotopic (exact) mass is 1100 g/mol. The highest BCUT2D eigenvalue weighted by molar-refractivity contribution is 7.53. The van der Waals surface area contributed by atoms with Gasteiger partial charge in [-0.1, -0.05) is 46.2 Å². The second-order valence-corrected chi connectivity index (χ2v) is 19.7. The summed E-state index contributed by atoms with van der Waals surface area (Å²) >= 11 is 0. The van der Waals surface area contributed by atoms with Crippen molar-refractivity contribution < 1.29 is 82.5 Å². The van der Waals surface area contributed by atoms with Gasteiger partial charge in [-0.25, -0.2) is 9.78 Å². The average molecular weight is 1100 g/mol. The van der Waals surface area contributed by atoms with Crippen molar-refractivity contribution in [3.05, 3.63) is 48.0 Å². The van der Waals surface area contributed by atoms with Crippen molar-refractivity contribution in [2.45, 2.75) is 141 Å². The maximum atomic E-state index is 14.2. The lowest BCUT2D eigenvalue weighted by Gasteiger charge is -2.31. The summed E-state index contributed by atoms with van der Waals surface area (Å²) in [5.74, 6) is -12.5. The number of aliphatic hydroxyl groups is 1. The molecule has 30 nitrogen and oxygen atoms in total. The summed E-state index contributed by atoms with van der Waals surface area (Å²) in [6, 6.07) is -7.34. The fraction of sp³-hybridized carbons (Fsp3) is 0.578. The highest BCUT2D eigenvalue weighted by atomic mass is 31.2. The molecular weight excluding hydrogens is 1030 g/mol. The fourth-order valence-corrected chi connectivity index (χ4v) is 7.73. The number of rotatable bonds is 33. The van der Waals surface area contributed by atoms with Gasteiger partial charge in [0.15, 0.2) is 0 Å². The molecule has 0 radical (unpaired) electrons. The van der Waals surface area contributed by atoms with Gasteiger partial charge < -0.3 is 80.0 Å². The number of amides is 9. The van der Waals surface area contributed by atoms with Crippen molar-refractivity contribution in [2.24, 2.45) is 29.0 Å². The molecule has 1 aromatic heterocycles. The van der Waals surface area contributed by atoms with Crippen LogP contribution >= 0.6 is 8.17 Å². The summed E-state index contributed by atoms with van der Waals surface area (Å²) in [5, 5.41) is 49.2. The zero-order valence-electron chi connectivity index (χ0n) is 42.8. The van der Waals surface area contributed by atoms with Crippen LogP contribution in [0.5, 0.6) is 5.75 Å². The van der Waals surface area contributed by atoms with E-state index < -0.39 is 153 Å². The Morgan fingerprint density at radius 1 is 0.671 bits per heavy atom. The Labute approximate surface area is 437 Å². The average Bonchev–Trinajstić information content (AvgIpc) is 3.84. The molecule has 0 bridgehead atoms. The van der Waals surface area contributed by atoms with Gasteiger partial charge in [0.25, 0.3) is 0 Å². The predicted octanol–water partition coefficient (Wildman–Crippen LogP) is -5.42. The number of nitrogens with zero attached hydrogens (tertiary/aromatic N) is 1. The number of carbonyl (C=O) groups excluding carboxylic acids is 9. The SMILES string of the molecule is CC(C)[C@H](NC(=O)[C@H](Cc1ccc(O)cc1)NC(=O)[C@H](CC(N)=O)NC(=O)CNC(=O)[C@@H](N)CCCCN)C(=O)N[C@H](C(=O)N[C@H](C(=O)N[C@H](C(=O)N[C@@H](Cc1cnc[nH]1)C(=O)O)[C@@H](C)O[P+](O)(O)O)[C@@H](C)O)C(C)C. The largest absolute Gasteiger partial charge is 0.567 e. The van der Waals surface area contributed by atoms with Crippen LogP contribution in [0.4, 0.5) is 0 Å². The number of carboxylic acid groups (broad SMARTS) is 1. The number of nitrogens with one attached hydrogen (secondary N) is 9. The van der Waals surface area contributed by atoms with E-state index in [0.717, 1.165) is 13.8 Å². The summed E-state index contributed by atoms with van der Waals surface area (Å²) < 4.78 is 4.74. The van der Waals surface area contributed by atoms with E-state index >= 15 is 0 Å². The van der Waals surface area contributed by atoms with Gasteiger partial charge in [-0.05, 0) is 62.8 Å². The van der Waals surface area contributed by atoms with Crippen LogP contribution in [0.2, 0.25) is 0 Å². The number of H-pyrrole nitrogens is 1. The molecule has 2 aromatic rings. The zero-order chi connectivity index (χ0) is 57.6. The van der Waals surface area contributed by atoms with Crippen LogP contribution in [0.3, 0.4) is 0 Å². The second-order valence-electron chi connectivity index (χ2n) is 18.5. The molecule has 0 saturated carbocycles. The molecule has 0 aliphatic rings. The van der Waals surface area contributed by atoms with E-state index in [1.807, 2.05) is 0 Å². The maximum Gasteiger partial charge on any atom is 0.567 e. The first-order valence-electron chi connectivity index (χ1n) is 24.0. The van der Waals surface area contributed by atoms with Crippen molar-refractivity contribution in [3.8, 4) is 5.75 Å². The van der Waals surface area contributed by atoms with Gasteiger partial charge >= 0.3 is 14.1 Å². The Balaban J connectivity index is 2.37. The van der Waals surface area contributed by atoms with Crippen LogP contribution in [0.1, 0.15) is 78.5 Å². The second kappa shape index (κ2) is 31.2. The van der Waals surface area contributed by atoms with Crippen molar-refractivity contribution in [3.63, 3.8) is 0 Å². The first kappa shape index (κ1) is 65.2. The van der Waals surface area contributed by atoms with Gasteiger partial charge in [0, 0.05) is 24.7 Å². The third kappa shape index (κ3) is 22.9. The highest BCUT2D eigenvalue weighted by Crippen LogP contribution is 2.47. The van der Waals surface area contributed by atoms with Crippen molar-refractivity contribution in [1.82, 2.24) is 52.5 Å². The Bertz CT molecular complexity index is 2280. The maximum absolute atomic E-state index is 14.2. The van der Waals surface area contributed by atoms with E-state index in [-0.39, 0.29) is 30.7 Å². The Morgan fingerprint density at radius 2 is 1.18 bits per heavy atom. The van der Waals surface area contributed by atoms with E-state index in [1.165, 1.54) is 64.5 Å². The number of imidazole rings is 1. The van der Waals surface area contributed by atoms with Crippen LogP contribution < -0.4 is 59.7 Å². The summed E-state index contributed by atoms with van der Waals surface area (Å²) in [6.45, 7) is 7.88. The molecule has 2 rings (SSSR count). The molecule has 424 valence electrons. The van der Waals surface area contributed by atoms with Crippen LogP contribution in [0, 0.1) is 11.8 Å². The van der Waals surface area contributed by atoms with E-state index in [4.69, 9.17) is 21.7 Å². The Hall–Kier alpha value is -6.92.